The first-order chi connectivity index (χ1) is 14.5. The van der Waals surface area contributed by atoms with Crippen LogP contribution in [0.1, 0.15) is 11.3 Å². The lowest BCUT2D eigenvalue weighted by Crippen LogP contribution is -2.36. The summed E-state index contributed by atoms with van der Waals surface area (Å²) < 4.78 is 37.8. The van der Waals surface area contributed by atoms with Crippen LogP contribution >= 0.6 is 0 Å². The standard InChI is InChI=1S/C21H22N4O4S/c1-28-17-10-16(11-18(12-17)29-2)23-21-22-13-15-14-25(9-8-20(15)24-21)30(26,27)19-6-4-3-5-7-19/h3-7,10-13H,8-9,14H2,1-2H3,(H,22,23,24). The topological polar surface area (TPSA) is 93.6 Å². The highest BCUT2D eigenvalue weighted by molar-refractivity contribution is 7.89. The van der Waals surface area contributed by atoms with Crippen molar-refractivity contribution in [1.82, 2.24) is 14.3 Å². The third kappa shape index (κ3) is 4.07. The molecule has 0 bridgehead atoms. The van der Waals surface area contributed by atoms with E-state index in [0.717, 1.165) is 16.9 Å². The Balaban J connectivity index is 1.54. The van der Waals surface area contributed by atoms with Crippen LogP contribution in [0.3, 0.4) is 0 Å². The number of methoxy groups -OCH3 is 2. The molecule has 156 valence electrons. The number of hydrogen-bond donors (Lipinski definition) is 1. The summed E-state index contributed by atoms with van der Waals surface area (Å²) in [5.74, 6) is 1.73. The number of aromatic nitrogens is 2. The second-order valence-electron chi connectivity index (χ2n) is 6.79. The molecule has 0 unspecified atom stereocenters. The van der Waals surface area contributed by atoms with E-state index in [9.17, 15) is 8.42 Å². The first-order valence-electron chi connectivity index (χ1n) is 9.39. The molecule has 0 spiro atoms. The smallest absolute Gasteiger partial charge is 0.243 e. The molecule has 8 nitrogen and oxygen atoms in total. The Morgan fingerprint density at radius 1 is 1.03 bits per heavy atom. The fraction of sp³-hybridized carbons (Fsp3) is 0.238. The predicted octanol–water partition coefficient (Wildman–Crippen LogP) is 2.98. The molecule has 4 rings (SSSR count). The SMILES string of the molecule is COc1cc(Nc2ncc3c(n2)CCN(S(=O)(=O)c2ccccc2)C3)cc(OC)c1. The number of nitrogens with zero attached hydrogens (tertiary/aromatic N) is 3. The summed E-state index contributed by atoms with van der Waals surface area (Å²) in [6.07, 6.45) is 2.19. The zero-order valence-electron chi connectivity index (χ0n) is 16.7. The van der Waals surface area contributed by atoms with Crippen LogP contribution in [0.25, 0.3) is 0 Å². The van der Waals surface area contributed by atoms with Gasteiger partial charge in [0.25, 0.3) is 0 Å². The van der Waals surface area contributed by atoms with Crippen molar-refractivity contribution in [2.75, 3.05) is 26.1 Å². The highest BCUT2D eigenvalue weighted by Crippen LogP contribution is 2.28. The Morgan fingerprint density at radius 2 is 1.73 bits per heavy atom. The van der Waals surface area contributed by atoms with Gasteiger partial charge in [0, 0.05) is 55.2 Å². The zero-order valence-corrected chi connectivity index (χ0v) is 17.5. The highest BCUT2D eigenvalue weighted by atomic mass is 32.2. The fourth-order valence-corrected chi connectivity index (χ4v) is 4.75. The minimum Gasteiger partial charge on any atom is -0.497 e. The van der Waals surface area contributed by atoms with E-state index in [1.807, 2.05) is 12.1 Å². The number of fused-ring (bicyclic) bond motifs is 1. The Labute approximate surface area is 175 Å². The van der Waals surface area contributed by atoms with E-state index in [4.69, 9.17) is 9.47 Å². The molecule has 3 aromatic rings. The van der Waals surface area contributed by atoms with Crippen molar-refractivity contribution in [3.63, 3.8) is 0 Å². The molecule has 0 saturated carbocycles. The number of hydrogen-bond acceptors (Lipinski definition) is 7. The van der Waals surface area contributed by atoms with Crippen molar-refractivity contribution in [1.29, 1.82) is 0 Å². The van der Waals surface area contributed by atoms with Gasteiger partial charge < -0.3 is 14.8 Å². The summed E-state index contributed by atoms with van der Waals surface area (Å²) in [7, 11) is -0.371. The van der Waals surface area contributed by atoms with Crippen LogP contribution in [0.4, 0.5) is 11.6 Å². The number of nitrogens with one attached hydrogen (secondary N) is 1. The minimum atomic E-state index is -3.54. The van der Waals surface area contributed by atoms with Crippen molar-refractivity contribution in [2.45, 2.75) is 17.9 Å². The molecule has 1 N–H and O–H groups in total. The van der Waals surface area contributed by atoms with Gasteiger partial charge in [0.2, 0.25) is 16.0 Å². The first-order valence-corrected chi connectivity index (χ1v) is 10.8. The van der Waals surface area contributed by atoms with Crippen LogP contribution in [0.15, 0.2) is 59.6 Å². The van der Waals surface area contributed by atoms with Gasteiger partial charge in [-0.05, 0) is 12.1 Å². The molecular weight excluding hydrogens is 404 g/mol. The third-order valence-electron chi connectivity index (χ3n) is 4.89. The lowest BCUT2D eigenvalue weighted by atomic mass is 10.1. The van der Waals surface area contributed by atoms with Gasteiger partial charge in [-0.3, -0.25) is 0 Å². The number of anilines is 2. The van der Waals surface area contributed by atoms with Crippen LogP contribution in [-0.2, 0) is 23.0 Å². The summed E-state index contributed by atoms with van der Waals surface area (Å²) in [6, 6.07) is 13.9. The summed E-state index contributed by atoms with van der Waals surface area (Å²) >= 11 is 0. The molecular formula is C21H22N4O4S. The van der Waals surface area contributed by atoms with Gasteiger partial charge in [0.05, 0.1) is 24.8 Å². The summed E-state index contributed by atoms with van der Waals surface area (Å²) in [5, 5.41) is 3.16. The molecule has 0 saturated heterocycles. The molecule has 9 heteroatoms. The van der Waals surface area contributed by atoms with Crippen molar-refractivity contribution in [3.8, 4) is 11.5 Å². The van der Waals surface area contributed by atoms with Gasteiger partial charge >= 0.3 is 0 Å². The number of sulfonamides is 1. The van der Waals surface area contributed by atoms with Crippen LogP contribution in [0, 0.1) is 0 Å². The lowest BCUT2D eigenvalue weighted by molar-refractivity contribution is 0.387. The Bertz CT molecular complexity index is 1130. The maximum Gasteiger partial charge on any atom is 0.243 e. The first kappa shape index (κ1) is 20.1. The molecule has 30 heavy (non-hydrogen) atoms. The average Bonchev–Trinajstić information content (AvgIpc) is 2.79. The Hall–Kier alpha value is -3.17. The minimum absolute atomic E-state index is 0.250. The van der Waals surface area contributed by atoms with Gasteiger partial charge in [-0.25, -0.2) is 18.4 Å². The zero-order chi connectivity index (χ0) is 21.1. The van der Waals surface area contributed by atoms with E-state index in [1.165, 1.54) is 4.31 Å². The van der Waals surface area contributed by atoms with Crippen molar-refractivity contribution >= 4 is 21.7 Å². The van der Waals surface area contributed by atoms with E-state index in [2.05, 4.69) is 15.3 Å². The van der Waals surface area contributed by atoms with E-state index >= 15 is 0 Å². The Morgan fingerprint density at radius 3 is 2.40 bits per heavy atom. The molecule has 0 atom stereocenters. The van der Waals surface area contributed by atoms with Gasteiger partial charge in [-0.2, -0.15) is 4.31 Å². The van der Waals surface area contributed by atoms with Crippen LogP contribution in [0.5, 0.6) is 11.5 Å². The maximum absolute atomic E-state index is 12.9. The van der Waals surface area contributed by atoms with Gasteiger partial charge in [-0.1, -0.05) is 18.2 Å². The summed E-state index contributed by atoms with van der Waals surface area (Å²) in [4.78, 5) is 9.24. The summed E-state index contributed by atoms with van der Waals surface area (Å²) in [6.45, 7) is 0.619. The highest BCUT2D eigenvalue weighted by Gasteiger charge is 2.29. The molecule has 0 fully saturated rings. The number of rotatable bonds is 6. The average molecular weight is 426 g/mol. The second kappa shape index (κ2) is 8.29. The fourth-order valence-electron chi connectivity index (χ4n) is 3.31. The Kier molecular flexibility index (Phi) is 5.56. The third-order valence-corrected chi connectivity index (χ3v) is 6.75. The molecule has 2 heterocycles. The van der Waals surface area contributed by atoms with Crippen molar-refractivity contribution in [2.24, 2.45) is 0 Å². The van der Waals surface area contributed by atoms with E-state index in [0.29, 0.717) is 35.3 Å². The van der Waals surface area contributed by atoms with Crippen molar-refractivity contribution in [3.05, 3.63) is 66.0 Å². The quantitative estimate of drug-likeness (QED) is 0.648. The summed E-state index contributed by atoms with van der Waals surface area (Å²) in [5.41, 5.74) is 2.37. The second-order valence-corrected chi connectivity index (χ2v) is 8.73. The van der Waals surface area contributed by atoms with Crippen LogP contribution in [-0.4, -0.2) is 43.5 Å². The van der Waals surface area contributed by atoms with Gasteiger partial charge in [0.1, 0.15) is 11.5 Å². The normalized spacial score (nSPS) is 14.1. The number of benzene rings is 2. The molecule has 0 aliphatic carbocycles. The predicted molar refractivity (Wildman–Crippen MR) is 113 cm³/mol. The largest absolute Gasteiger partial charge is 0.497 e. The van der Waals surface area contributed by atoms with E-state index in [1.54, 1.807) is 56.8 Å². The monoisotopic (exact) mass is 426 g/mol. The number of ether oxygens (including phenoxy) is 2. The maximum atomic E-state index is 12.9. The van der Waals surface area contributed by atoms with Crippen molar-refractivity contribution < 1.29 is 17.9 Å². The molecule has 0 radical (unpaired) electrons. The molecule has 0 amide bonds. The van der Waals surface area contributed by atoms with E-state index < -0.39 is 10.0 Å². The molecule has 1 aliphatic heterocycles. The lowest BCUT2D eigenvalue weighted by Gasteiger charge is -2.27. The molecule has 1 aliphatic rings. The molecule has 1 aromatic heterocycles. The van der Waals surface area contributed by atoms with Crippen LogP contribution < -0.4 is 14.8 Å². The van der Waals surface area contributed by atoms with E-state index in [-0.39, 0.29) is 6.54 Å². The van der Waals surface area contributed by atoms with Crippen LogP contribution in [0.2, 0.25) is 0 Å². The van der Waals surface area contributed by atoms with Gasteiger partial charge in [-0.15, -0.1) is 0 Å². The van der Waals surface area contributed by atoms with Gasteiger partial charge in [0.15, 0.2) is 0 Å². The molecule has 2 aromatic carbocycles.